The monoisotopic (exact) mass is 261 g/mol. The van der Waals surface area contributed by atoms with E-state index in [4.69, 9.17) is 0 Å². The van der Waals surface area contributed by atoms with Gasteiger partial charge in [-0.25, -0.2) is 0 Å². The molecule has 3 rings (SSSR count). The van der Waals surface area contributed by atoms with Gasteiger partial charge in [0.05, 0.1) is 11.6 Å². The second-order valence-electron chi connectivity index (χ2n) is 5.00. The topological polar surface area (TPSA) is 81.8 Å². The molecule has 19 heavy (non-hydrogen) atoms. The minimum absolute atomic E-state index is 0.467. The van der Waals surface area contributed by atoms with Gasteiger partial charge in [-0.1, -0.05) is 0 Å². The summed E-state index contributed by atoms with van der Waals surface area (Å²) >= 11 is 0. The summed E-state index contributed by atoms with van der Waals surface area (Å²) in [5.74, 6) is 1.46. The van der Waals surface area contributed by atoms with Crippen molar-refractivity contribution >= 4 is 22.8 Å². The molecule has 0 aliphatic carbocycles. The number of nitrogens with zero attached hydrogens (tertiary/aromatic N) is 4. The lowest BCUT2D eigenvalue weighted by molar-refractivity contribution is 0.264. The Bertz CT molecular complexity index is 556. The SMILES string of the molecule is CNc1nc(NC2CCN(C)CC2)c2cn[nH]c2n1. The van der Waals surface area contributed by atoms with Crippen LogP contribution in [0.2, 0.25) is 0 Å². The normalized spacial score (nSPS) is 17.8. The number of hydrogen-bond acceptors (Lipinski definition) is 6. The number of aromatic nitrogens is 4. The Morgan fingerprint density at radius 1 is 1.32 bits per heavy atom. The van der Waals surface area contributed by atoms with E-state index in [1.54, 1.807) is 6.20 Å². The van der Waals surface area contributed by atoms with E-state index in [0.717, 1.165) is 42.8 Å². The number of nitrogens with one attached hydrogen (secondary N) is 3. The lowest BCUT2D eigenvalue weighted by Crippen LogP contribution is -2.36. The van der Waals surface area contributed by atoms with Gasteiger partial charge in [0.15, 0.2) is 5.65 Å². The number of rotatable bonds is 3. The lowest BCUT2D eigenvalue weighted by Gasteiger charge is -2.29. The molecule has 0 atom stereocenters. The minimum Gasteiger partial charge on any atom is -0.366 e. The largest absolute Gasteiger partial charge is 0.366 e. The molecule has 0 bridgehead atoms. The molecule has 3 heterocycles. The Hall–Kier alpha value is -1.89. The zero-order chi connectivity index (χ0) is 13.2. The van der Waals surface area contributed by atoms with Crippen LogP contribution in [0, 0.1) is 0 Å². The molecule has 1 aliphatic heterocycles. The Balaban J connectivity index is 1.85. The highest BCUT2D eigenvalue weighted by atomic mass is 15.2. The van der Waals surface area contributed by atoms with Crippen molar-refractivity contribution in [3.63, 3.8) is 0 Å². The van der Waals surface area contributed by atoms with Gasteiger partial charge in [0, 0.05) is 13.1 Å². The average molecular weight is 261 g/mol. The van der Waals surface area contributed by atoms with E-state index < -0.39 is 0 Å². The standard InChI is InChI=1S/C12H19N7/c1-13-12-16-10(9-7-14-18-11(9)17-12)15-8-3-5-19(2)6-4-8/h7-8H,3-6H2,1-2H3,(H3,13,14,15,16,17,18). The third-order valence-electron chi connectivity index (χ3n) is 3.59. The first kappa shape index (κ1) is 12.2. The third kappa shape index (κ3) is 2.46. The van der Waals surface area contributed by atoms with E-state index in [0.29, 0.717) is 12.0 Å². The molecule has 1 aliphatic rings. The van der Waals surface area contributed by atoms with Gasteiger partial charge in [-0.15, -0.1) is 0 Å². The molecule has 0 saturated carbocycles. The summed E-state index contributed by atoms with van der Waals surface area (Å²) in [5, 5.41) is 14.4. The van der Waals surface area contributed by atoms with Gasteiger partial charge in [-0.3, -0.25) is 5.10 Å². The first-order valence-corrected chi connectivity index (χ1v) is 6.60. The van der Waals surface area contributed by atoms with Crippen LogP contribution >= 0.6 is 0 Å². The van der Waals surface area contributed by atoms with Crippen LogP contribution in [0.4, 0.5) is 11.8 Å². The maximum Gasteiger partial charge on any atom is 0.226 e. The van der Waals surface area contributed by atoms with E-state index in [1.807, 2.05) is 7.05 Å². The molecular weight excluding hydrogens is 242 g/mol. The van der Waals surface area contributed by atoms with Crippen LogP contribution in [0.3, 0.4) is 0 Å². The molecule has 2 aromatic heterocycles. The second kappa shape index (κ2) is 5.00. The van der Waals surface area contributed by atoms with Crippen LogP contribution in [-0.4, -0.2) is 58.3 Å². The molecule has 0 radical (unpaired) electrons. The van der Waals surface area contributed by atoms with Gasteiger partial charge in [0.25, 0.3) is 0 Å². The van der Waals surface area contributed by atoms with Crippen molar-refractivity contribution in [1.82, 2.24) is 25.1 Å². The van der Waals surface area contributed by atoms with Gasteiger partial charge in [-0.2, -0.15) is 15.1 Å². The molecule has 7 heteroatoms. The average Bonchev–Trinajstić information content (AvgIpc) is 2.89. The highest BCUT2D eigenvalue weighted by Crippen LogP contribution is 2.22. The lowest BCUT2D eigenvalue weighted by atomic mass is 10.1. The summed E-state index contributed by atoms with van der Waals surface area (Å²) in [5.41, 5.74) is 0.759. The molecule has 1 fully saturated rings. The zero-order valence-electron chi connectivity index (χ0n) is 11.3. The van der Waals surface area contributed by atoms with E-state index in [2.05, 4.69) is 42.7 Å². The predicted molar refractivity (Wildman–Crippen MR) is 75.4 cm³/mol. The second-order valence-corrected chi connectivity index (χ2v) is 5.00. The molecule has 0 unspecified atom stereocenters. The van der Waals surface area contributed by atoms with Crippen molar-refractivity contribution in [2.24, 2.45) is 0 Å². The fourth-order valence-electron chi connectivity index (χ4n) is 2.40. The maximum atomic E-state index is 4.50. The van der Waals surface area contributed by atoms with Gasteiger partial charge in [0.1, 0.15) is 5.82 Å². The highest BCUT2D eigenvalue weighted by molar-refractivity contribution is 5.87. The smallest absolute Gasteiger partial charge is 0.226 e. The molecule has 0 aromatic carbocycles. The van der Waals surface area contributed by atoms with Gasteiger partial charge < -0.3 is 15.5 Å². The van der Waals surface area contributed by atoms with Crippen molar-refractivity contribution in [1.29, 1.82) is 0 Å². The Morgan fingerprint density at radius 3 is 2.84 bits per heavy atom. The van der Waals surface area contributed by atoms with Crippen LogP contribution in [0.1, 0.15) is 12.8 Å². The van der Waals surface area contributed by atoms with Crippen molar-refractivity contribution in [2.45, 2.75) is 18.9 Å². The van der Waals surface area contributed by atoms with E-state index in [1.165, 1.54) is 0 Å². The number of likely N-dealkylation sites (tertiary alicyclic amines) is 1. The molecule has 7 nitrogen and oxygen atoms in total. The molecule has 0 spiro atoms. The van der Waals surface area contributed by atoms with Gasteiger partial charge in [-0.05, 0) is 33.0 Å². The molecule has 0 amide bonds. The van der Waals surface area contributed by atoms with Crippen molar-refractivity contribution < 1.29 is 0 Å². The summed E-state index contributed by atoms with van der Waals surface area (Å²) in [6, 6.07) is 0.467. The first-order chi connectivity index (χ1) is 9.26. The predicted octanol–water partition coefficient (Wildman–Crippen LogP) is 0.901. The summed E-state index contributed by atoms with van der Waals surface area (Å²) in [6.45, 7) is 2.24. The van der Waals surface area contributed by atoms with Crippen LogP contribution in [-0.2, 0) is 0 Å². The maximum absolute atomic E-state index is 4.50. The third-order valence-corrected chi connectivity index (χ3v) is 3.59. The van der Waals surface area contributed by atoms with Crippen molar-refractivity contribution in [2.75, 3.05) is 37.8 Å². The summed E-state index contributed by atoms with van der Waals surface area (Å²) in [4.78, 5) is 11.2. The fourth-order valence-corrected chi connectivity index (χ4v) is 2.40. The number of fused-ring (bicyclic) bond motifs is 1. The number of hydrogen-bond donors (Lipinski definition) is 3. The Morgan fingerprint density at radius 2 is 2.11 bits per heavy atom. The van der Waals surface area contributed by atoms with Crippen LogP contribution in [0.5, 0.6) is 0 Å². The van der Waals surface area contributed by atoms with E-state index in [9.17, 15) is 0 Å². The number of anilines is 2. The van der Waals surface area contributed by atoms with Crippen LogP contribution in [0.25, 0.3) is 11.0 Å². The minimum atomic E-state index is 0.467. The molecule has 3 N–H and O–H groups in total. The highest BCUT2D eigenvalue weighted by Gasteiger charge is 2.18. The van der Waals surface area contributed by atoms with E-state index in [-0.39, 0.29) is 0 Å². The quantitative estimate of drug-likeness (QED) is 0.761. The molecule has 102 valence electrons. The Labute approximate surface area is 111 Å². The van der Waals surface area contributed by atoms with Crippen molar-refractivity contribution in [3.05, 3.63) is 6.20 Å². The Kier molecular flexibility index (Phi) is 3.20. The summed E-state index contributed by atoms with van der Waals surface area (Å²) < 4.78 is 0. The van der Waals surface area contributed by atoms with Gasteiger partial charge >= 0.3 is 0 Å². The molecule has 2 aromatic rings. The summed E-state index contributed by atoms with van der Waals surface area (Å²) in [7, 11) is 3.98. The molecule has 1 saturated heterocycles. The van der Waals surface area contributed by atoms with Crippen LogP contribution in [0.15, 0.2) is 6.20 Å². The van der Waals surface area contributed by atoms with E-state index >= 15 is 0 Å². The number of aromatic amines is 1. The zero-order valence-corrected chi connectivity index (χ0v) is 11.3. The first-order valence-electron chi connectivity index (χ1n) is 6.60. The van der Waals surface area contributed by atoms with Gasteiger partial charge in [0.2, 0.25) is 5.95 Å². The van der Waals surface area contributed by atoms with Crippen LogP contribution < -0.4 is 10.6 Å². The number of piperidine rings is 1. The summed E-state index contributed by atoms with van der Waals surface area (Å²) in [6.07, 6.45) is 4.04. The molecular formula is C12H19N7. The number of H-pyrrole nitrogens is 1. The fraction of sp³-hybridized carbons (Fsp3) is 0.583. The van der Waals surface area contributed by atoms with Crippen molar-refractivity contribution in [3.8, 4) is 0 Å².